The van der Waals surface area contributed by atoms with Crippen molar-refractivity contribution in [2.75, 3.05) is 18.0 Å². The average Bonchev–Trinajstić information content (AvgIpc) is 4.09. The number of imidazole rings is 1. The number of nitriles is 1. The predicted octanol–water partition coefficient (Wildman–Crippen LogP) is 4.50. The molecule has 4 heterocycles. The lowest BCUT2D eigenvalue weighted by atomic mass is 9.91. The number of hydrogen-bond donors (Lipinski definition) is 3. The molecule has 2 aliphatic heterocycles. The maximum atomic E-state index is 14.5. The fourth-order valence-corrected chi connectivity index (χ4v) is 8.34. The van der Waals surface area contributed by atoms with Gasteiger partial charge in [0.2, 0.25) is 17.8 Å². The number of anilines is 2. The van der Waals surface area contributed by atoms with Gasteiger partial charge in [-0.05, 0) is 93.5 Å². The summed E-state index contributed by atoms with van der Waals surface area (Å²) in [6.07, 6.45) is 6.10. The third-order valence-corrected chi connectivity index (χ3v) is 11.8. The van der Waals surface area contributed by atoms with E-state index < -0.39 is 22.5 Å². The number of piperidine rings is 1. The van der Waals surface area contributed by atoms with E-state index in [1.54, 1.807) is 77.2 Å². The Bertz CT molecular complexity index is 2340. The van der Waals surface area contributed by atoms with E-state index in [9.17, 15) is 29.2 Å². The molecule has 0 unspecified atom stereocenters. The van der Waals surface area contributed by atoms with Gasteiger partial charge in [0.15, 0.2) is 0 Å². The number of primary amides is 1. The van der Waals surface area contributed by atoms with Crippen molar-refractivity contribution < 1.29 is 24.0 Å². The molecule has 5 amide bonds. The van der Waals surface area contributed by atoms with Crippen LogP contribution < -0.4 is 21.3 Å². The molecule has 1 saturated heterocycles. The second-order valence-electron chi connectivity index (χ2n) is 15.3. The lowest BCUT2D eigenvalue weighted by Gasteiger charge is -2.30. The number of aromatic nitrogens is 3. The Hall–Kier alpha value is -5.78. The number of rotatable bonds is 10. The van der Waals surface area contributed by atoms with Crippen LogP contribution in [0.25, 0.3) is 0 Å². The number of nitrogens with zero attached hydrogens (tertiary/aromatic N) is 6. The van der Waals surface area contributed by atoms with Gasteiger partial charge >= 0.3 is 0 Å². The van der Waals surface area contributed by atoms with Crippen LogP contribution in [0.2, 0.25) is 10.0 Å². The molecule has 3 fully saturated rings. The van der Waals surface area contributed by atoms with Gasteiger partial charge in [0, 0.05) is 47.2 Å². The van der Waals surface area contributed by atoms with E-state index in [-0.39, 0.29) is 47.6 Å². The molecule has 56 heavy (non-hydrogen) atoms. The zero-order valence-corrected chi connectivity index (χ0v) is 31.9. The van der Waals surface area contributed by atoms with E-state index in [2.05, 4.69) is 26.7 Å². The Labute approximate surface area is 332 Å². The number of hydrogen-bond acceptors (Lipinski definition) is 8. The summed E-state index contributed by atoms with van der Waals surface area (Å²) in [5.41, 5.74) is 4.75. The molecule has 2 aromatic carbocycles. The van der Waals surface area contributed by atoms with Gasteiger partial charge in [0.05, 0.1) is 34.7 Å². The number of halogens is 2. The summed E-state index contributed by atoms with van der Waals surface area (Å²) in [6.45, 7) is 2.56. The lowest BCUT2D eigenvalue weighted by Crippen LogP contribution is -2.52. The summed E-state index contributed by atoms with van der Waals surface area (Å²) in [7, 11) is 0. The van der Waals surface area contributed by atoms with Crippen molar-refractivity contribution in [3.05, 3.63) is 105 Å². The number of pyridine rings is 1. The fourth-order valence-electron chi connectivity index (χ4n) is 7.82. The van der Waals surface area contributed by atoms with Crippen molar-refractivity contribution in [1.29, 1.82) is 5.26 Å². The van der Waals surface area contributed by atoms with Gasteiger partial charge in [-0.3, -0.25) is 33.5 Å². The van der Waals surface area contributed by atoms with E-state index in [4.69, 9.17) is 28.9 Å². The van der Waals surface area contributed by atoms with Crippen LogP contribution in [0, 0.1) is 17.2 Å². The van der Waals surface area contributed by atoms with Crippen LogP contribution in [0.4, 0.5) is 11.6 Å². The molecule has 4 N–H and O–H groups in total. The van der Waals surface area contributed by atoms with Gasteiger partial charge in [-0.1, -0.05) is 35.3 Å². The second-order valence-corrected chi connectivity index (χ2v) is 16.2. The highest BCUT2D eigenvalue weighted by atomic mass is 35.5. The van der Waals surface area contributed by atoms with Crippen molar-refractivity contribution >= 4 is 64.4 Å². The van der Waals surface area contributed by atoms with Crippen LogP contribution >= 0.6 is 23.2 Å². The molecule has 4 aromatic rings. The summed E-state index contributed by atoms with van der Waals surface area (Å²) < 4.78 is 1.58. The van der Waals surface area contributed by atoms with E-state index in [1.165, 1.54) is 11.1 Å². The number of fused-ring (bicyclic) bond motifs is 1. The van der Waals surface area contributed by atoms with Crippen molar-refractivity contribution in [1.82, 2.24) is 30.1 Å². The van der Waals surface area contributed by atoms with Crippen molar-refractivity contribution in [3.63, 3.8) is 0 Å². The molecule has 16 heteroatoms. The van der Waals surface area contributed by atoms with Crippen molar-refractivity contribution in [2.45, 2.75) is 68.5 Å². The summed E-state index contributed by atoms with van der Waals surface area (Å²) in [5, 5.41) is 16.0. The van der Waals surface area contributed by atoms with Gasteiger partial charge in [-0.25, -0.2) is 9.88 Å². The topological polar surface area (TPSA) is 196 Å². The lowest BCUT2D eigenvalue weighted by molar-refractivity contribution is -0.125. The van der Waals surface area contributed by atoms with E-state index in [0.717, 1.165) is 5.56 Å². The molecule has 2 aromatic heterocycles. The smallest absolute Gasteiger partial charge is 0.270 e. The van der Waals surface area contributed by atoms with Gasteiger partial charge in [0.25, 0.3) is 17.7 Å². The van der Waals surface area contributed by atoms with Crippen molar-refractivity contribution in [2.24, 2.45) is 11.7 Å². The summed E-state index contributed by atoms with van der Waals surface area (Å²) in [5.74, 6) is -1.94. The minimum absolute atomic E-state index is 0.0769. The van der Waals surface area contributed by atoms with E-state index in [1.807, 2.05) is 0 Å². The first-order chi connectivity index (χ1) is 26.8. The number of amides is 5. The largest absolute Gasteiger partial charge is 0.369 e. The first kappa shape index (κ1) is 37.2. The van der Waals surface area contributed by atoms with Crippen LogP contribution in [0.5, 0.6) is 0 Å². The molecule has 2 saturated carbocycles. The molecular weight excluding hydrogens is 757 g/mol. The predicted molar refractivity (Wildman–Crippen MR) is 205 cm³/mol. The molecule has 0 radical (unpaired) electrons. The summed E-state index contributed by atoms with van der Waals surface area (Å²) >= 11 is 12.7. The number of carbonyl (C=O) groups is 5. The van der Waals surface area contributed by atoms with Crippen LogP contribution in [0.1, 0.15) is 83.1 Å². The minimum atomic E-state index is -1.36. The Kier molecular flexibility index (Phi) is 9.13. The maximum Gasteiger partial charge on any atom is 0.270 e. The molecule has 14 nitrogen and oxygen atoms in total. The molecule has 4 aliphatic rings. The highest BCUT2D eigenvalue weighted by Crippen LogP contribution is 2.48. The SMILES string of the molecule is C[C@@]1(Cc2ccc(C#N)cc2)C(=O)N(c2cc(Cl)cc(Cl)c2)c2ncc(C(=O)NC3(C(=O)NC4(c5cc(C(=O)N6CCC(C(N)=O)CC6)ccn5)CC4)CC3)n21. The monoisotopic (exact) mass is 793 g/mol. The number of likely N-dealkylation sites (tertiary alicyclic amines) is 1. The molecule has 1 atom stereocenters. The number of carbonyl (C=O) groups excluding carboxylic acids is 5. The summed E-state index contributed by atoms with van der Waals surface area (Å²) in [6, 6.07) is 17.0. The summed E-state index contributed by atoms with van der Waals surface area (Å²) in [4.78, 5) is 79.9. The molecule has 0 bridgehead atoms. The zero-order chi connectivity index (χ0) is 39.6. The quantitative estimate of drug-likeness (QED) is 0.209. The first-order valence-corrected chi connectivity index (χ1v) is 19.1. The molecule has 2 aliphatic carbocycles. The molecule has 0 spiro atoms. The van der Waals surface area contributed by atoms with Crippen molar-refractivity contribution in [3.8, 4) is 6.07 Å². The molecule has 8 rings (SSSR count). The Balaban J connectivity index is 1.03. The number of nitrogens with two attached hydrogens (primary N) is 1. The minimum Gasteiger partial charge on any atom is -0.369 e. The normalized spacial score (nSPS) is 20.5. The van der Waals surface area contributed by atoms with Crippen LogP contribution in [0.15, 0.2) is 67.0 Å². The van der Waals surface area contributed by atoms with Gasteiger partial charge in [-0.2, -0.15) is 5.26 Å². The molecular formula is C40H37Cl2N9O5. The highest BCUT2D eigenvalue weighted by Gasteiger charge is 2.57. The van der Waals surface area contributed by atoms with Crippen LogP contribution in [-0.2, 0) is 31.9 Å². The standard InChI is InChI=1S/C40H37Cl2N9O5/c1-38(20-23-2-4-24(21-43)5-3-23)36(56)50(29-18-27(41)17-28(42)19-29)37-46-22-30(51(37)38)33(53)47-40(11-12-40)35(55)48-39(9-10-39)31-16-26(6-13-45-31)34(54)49-14-7-25(8-15-49)32(44)52/h2-6,13,16-19,22,25H,7-12,14-15,20H2,1H3,(H2,44,52)(H,47,53)(H,48,55)/t38-/m1/s1. The average molecular weight is 795 g/mol. The first-order valence-electron chi connectivity index (χ1n) is 18.3. The number of benzene rings is 2. The zero-order valence-electron chi connectivity index (χ0n) is 30.3. The third kappa shape index (κ3) is 6.54. The Morgan fingerprint density at radius 1 is 0.946 bits per heavy atom. The Morgan fingerprint density at radius 2 is 1.62 bits per heavy atom. The van der Waals surface area contributed by atoms with Gasteiger partial charge < -0.3 is 21.3 Å². The van der Waals surface area contributed by atoms with Gasteiger partial charge in [0.1, 0.15) is 16.8 Å². The fraction of sp³-hybridized carbons (Fsp3) is 0.350. The molecule has 286 valence electrons. The number of nitrogens with one attached hydrogen (secondary N) is 2. The van der Waals surface area contributed by atoms with Gasteiger partial charge in [-0.15, -0.1) is 0 Å². The van der Waals surface area contributed by atoms with Crippen LogP contribution in [0.3, 0.4) is 0 Å². The maximum absolute atomic E-state index is 14.5. The third-order valence-electron chi connectivity index (χ3n) is 11.4. The Morgan fingerprint density at radius 3 is 2.23 bits per heavy atom. The van der Waals surface area contributed by atoms with Crippen LogP contribution in [-0.4, -0.2) is 67.6 Å². The second kappa shape index (κ2) is 13.8. The van der Waals surface area contributed by atoms with E-state index in [0.29, 0.717) is 84.2 Å². The highest BCUT2D eigenvalue weighted by molar-refractivity contribution is 6.35. The van der Waals surface area contributed by atoms with E-state index >= 15 is 0 Å².